The molecule has 2 rings (SSSR count). The second-order valence-corrected chi connectivity index (χ2v) is 5.77. The van der Waals surface area contributed by atoms with E-state index in [1.54, 1.807) is 11.9 Å². The molecule has 0 atom stereocenters. The van der Waals surface area contributed by atoms with Crippen molar-refractivity contribution in [2.75, 3.05) is 13.7 Å². The number of likely N-dealkylation sites (N-methyl/N-ethyl adjacent to an activating group) is 1. The Kier molecular flexibility index (Phi) is 5.66. The first-order valence-electron chi connectivity index (χ1n) is 7.52. The molecule has 0 spiro atoms. The Morgan fingerprint density at radius 3 is 2.41 bits per heavy atom. The van der Waals surface area contributed by atoms with Crippen molar-refractivity contribution in [3.05, 3.63) is 41.5 Å². The number of hydrogen-bond acceptors (Lipinski definition) is 2. The van der Waals surface area contributed by atoms with Crippen LogP contribution in [0, 0.1) is 17.6 Å². The van der Waals surface area contributed by atoms with E-state index in [1.807, 2.05) is 0 Å². The molecule has 1 fully saturated rings. The van der Waals surface area contributed by atoms with Gasteiger partial charge in [-0.2, -0.15) is 0 Å². The first kappa shape index (κ1) is 16.6. The zero-order valence-electron chi connectivity index (χ0n) is 12.6. The highest BCUT2D eigenvalue weighted by Crippen LogP contribution is 2.26. The maximum Gasteiger partial charge on any atom is 0.246 e. The largest absolute Gasteiger partial charge is 0.396 e. The van der Waals surface area contributed by atoms with Crippen LogP contribution in [-0.4, -0.2) is 35.6 Å². The summed E-state index contributed by atoms with van der Waals surface area (Å²) in [5.74, 6) is -1.32. The number of benzene rings is 1. The Bertz CT molecular complexity index is 531. The van der Waals surface area contributed by atoms with Crippen LogP contribution in [0.1, 0.15) is 31.2 Å². The lowest BCUT2D eigenvalue weighted by atomic mass is 9.86. The second kappa shape index (κ2) is 7.49. The van der Waals surface area contributed by atoms with Crippen LogP contribution in [-0.2, 0) is 4.79 Å². The smallest absolute Gasteiger partial charge is 0.246 e. The van der Waals surface area contributed by atoms with E-state index in [1.165, 1.54) is 18.2 Å². The molecule has 0 bridgehead atoms. The number of rotatable bonds is 4. The van der Waals surface area contributed by atoms with Crippen molar-refractivity contribution in [3.63, 3.8) is 0 Å². The standard InChI is InChI=1S/C17H21F2NO2/c1-20(13-7-5-12(11-21)6-8-13)17(22)10-9-14-15(18)3-2-4-16(14)19/h2-4,9-10,12-13,21H,5-8,11H2,1H3/b10-9+. The van der Waals surface area contributed by atoms with Crippen molar-refractivity contribution >= 4 is 12.0 Å². The van der Waals surface area contributed by atoms with E-state index in [4.69, 9.17) is 5.11 Å². The third-order valence-corrected chi connectivity index (χ3v) is 4.36. The number of nitrogens with zero attached hydrogens (tertiary/aromatic N) is 1. The molecule has 1 aromatic carbocycles. The van der Waals surface area contributed by atoms with Gasteiger partial charge in [-0.05, 0) is 49.8 Å². The van der Waals surface area contributed by atoms with Crippen molar-refractivity contribution in [2.24, 2.45) is 5.92 Å². The maximum absolute atomic E-state index is 13.5. The van der Waals surface area contributed by atoms with E-state index in [0.717, 1.165) is 37.8 Å². The van der Waals surface area contributed by atoms with E-state index >= 15 is 0 Å². The lowest BCUT2D eigenvalue weighted by molar-refractivity contribution is -0.127. The van der Waals surface area contributed by atoms with Crippen LogP contribution in [0.3, 0.4) is 0 Å². The summed E-state index contributed by atoms with van der Waals surface area (Å²) < 4.78 is 27.0. The molecule has 22 heavy (non-hydrogen) atoms. The summed E-state index contributed by atoms with van der Waals surface area (Å²) >= 11 is 0. The third-order valence-electron chi connectivity index (χ3n) is 4.36. The van der Waals surface area contributed by atoms with Gasteiger partial charge in [-0.25, -0.2) is 8.78 Å². The van der Waals surface area contributed by atoms with Gasteiger partial charge in [-0.3, -0.25) is 4.79 Å². The predicted molar refractivity (Wildman–Crippen MR) is 81.0 cm³/mol. The number of carbonyl (C=O) groups is 1. The molecule has 120 valence electrons. The van der Waals surface area contributed by atoms with Gasteiger partial charge in [0, 0.05) is 31.3 Å². The molecule has 1 N–H and O–H groups in total. The minimum absolute atomic E-state index is 0.116. The van der Waals surface area contributed by atoms with Crippen LogP contribution in [0.2, 0.25) is 0 Å². The lowest BCUT2D eigenvalue weighted by Crippen LogP contribution is -2.39. The van der Waals surface area contributed by atoms with Crippen molar-refractivity contribution < 1.29 is 18.7 Å². The predicted octanol–water partition coefficient (Wildman–Crippen LogP) is 2.99. The summed E-state index contributed by atoms with van der Waals surface area (Å²) in [6, 6.07) is 3.72. The van der Waals surface area contributed by atoms with Crippen LogP contribution in [0.5, 0.6) is 0 Å². The molecule has 0 heterocycles. The zero-order valence-corrected chi connectivity index (χ0v) is 12.6. The van der Waals surface area contributed by atoms with E-state index in [-0.39, 0.29) is 24.1 Å². The SMILES string of the molecule is CN(C(=O)/C=C/c1c(F)cccc1F)C1CCC(CO)CC1. The molecule has 0 saturated heterocycles. The maximum atomic E-state index is 13.5. The van der Waals surface area contributed by atoms with E-state index < -0.39 is 11.6 Å². The molecular formula is C17H21F2NO2. The van der Waals surface area contributed by atoms with Gasteiger partial charge in [0.15, 0.2) is 0 Å². The summed E-state index contributed by atoms with van der Waals surface area (Å²) in [6.45, 7) is 0.191. The molecule has 5 heteroatoms. The average Bonchev–Trinajstić information content (AvgIpc) is 2.53. The number of aliphatic hydroxyl groups is 1. The molecule has 0 aliphatic heterocycles. The summed E-state index contributed by atoms with van der Waals surface area (Å²) in [6.07, 6.45) is 5.86. The van der Waals surface area contributed by atoms with Gasteiger partial charge in [-0.15, -0.1) is 0 Å². The van der Waals surface area contributed by atoms with E-state index in [0.29, 0.717) is 5.92 Å². The molecule has 0 unspecified atom stereocenters. The van der Waals surface area contributed by atoms with E-state index in [2.05, 4.69) is 0 Å². The Morgan fingerprint density at radius 2 is 1.86 bits per heavy atom. The topological polar surface area (TPSA) is 40.5 Å². The highest BCUT2D eigenvalue weighted by atomic mass is 19.1. The first-order chi connectivity index (χ1) is 10.5. The zero-order chi connectivity index (χ0) is 16.1. The number of aliphatic hydroxyl groups excluding tert-OH is 1. The lowest BCUT2D eigenvalue weighted by Gasteiger charge is -2.33. The molecule has 0 radical (unpaired) electrons. The molecule has 0 aromatic heterocycles. The second-order valence-electron chi connectivity index (χ2n) is 5.77. The monoisotopic (exact) mass is 309 g/mol. The van der Waals surface area contributed by atoms with Crippen molar-refractivity contribution in [1.29, 1.82) is 0 Å². The van der Waals surface area contributed by atoms with Crippen LogP contribution >= 0.6 is 0 Å². The normalized spacial score (nSPS) is 22.0. The summed E-state index contributed by atoms with van der Waals surface area (Å²) in [5.41, 5.74) is -0.201. The molecule has 1 saturated carbocycles. The molecule has 1 amide bonds. The van der Waals surface area contributed by atoms with Crippen LogP contribution < -0.4 is 0 Å². The summed E-state index contributed by atoms with van der Waals surface area (Å²) in [5, 5.41) is 9.12. The van der Waals surface area contributed by atoms with Crippen molar-refractivity contribution in [1.82, 2.24) is 4.90 Å². The number of hydrogen-bond donors (Lipinski definition) is 1. The minimum Gasteiger partial charge on any atom is -0.396 e. The summed E-state index contributed by atoms with van der Waals surface area (Å²) in [7, 11) is 1.70. The Morgan fingerprint density at radius 1 is 1.27 bits per heavy atom. The Balaban J connectivity index is 1.98. The number of amides is 1. The van der Waals surface area contributed by atoms with Crippen LogP contribution in [0.15, 0.2) is 24.3 Å². The fourth-order valence-corrected chi connectivity index (χ4v) is 2.84. The quantitative estimate of drug-likeness (QED) is 0.869. The van der Waals surface area contributed by atoms with Crippen molar-refractivity contribution in [2.45, 2.75) is 31.7 Å². The molecule has 3 nitrogen and oxygen atoms in total. The number of carbonyl (C=O) groups excluding carboxylic acids is 1. The highest BCUT2D eigenvalue weighted by Gasteiger charge is 2.25. The van der Waals surface area contributed by atoms with Gasteiger partial charge in [0.2, 0.25) is 5.91 Å². The van der Waals surface area contributed by atoms with Gasteiger partial charge >= 0.3 is 0 Å². The highest BCUT2D eigenvalue weighted by molar-refractivity contribution is 5.91. The van der Waals surface area contributed by atoms with Crippen LogP contribution in [0.4, 0.5) is 8.78 Å². The molecule has 1 aromatic rings. The van der Waals surface area contributed by atoms with Gasteiger partial charge in [0.1, 0.15) is 11.6 Å². The third kappa shape index (κ3) is 3.91. The fraction of sp³-hybridized carbons (Fsp3) is 0.471. The van der Waals surface area contributed by atoms with Gasteiger partial charge < -0.3 is 10.0 Å². The number of halogens is 2. The fourth-order valence-electron chi connectivity index (χ4n) is 2.84. The van der Waals surface area contributed by atoms with Crippen molar-refractivity contribution in [3.8, 4) is 0 Å². The Labute approximate surface area is 129 Å². The van der Waals surface area contributed by atoms with Crippen LogP contribution in [0.25, 0.3) is 6.08 Å². The average molecular weight is 309 g/mol. The van der Waals surface area contributed by atoms with Gasteiger partial charge in [-0.1, -0.05) is 6.07 Å². The summed E-state index contributed by atoms with van der Waals surface area (Å²) in [4.78, 5) is 13.7. The van der Waals surface area contributed by atoms with E-state index in [9.17, 15) is 13.6 Å². The van der Waals surface area contributed by atoms with Gasteiger partial charge in [0.25, 0.3) is 0 Å². The minimum atomic E-state index is -0.685. The molecular weight excluding hydrogens is 288 g/mol. The molecule has 1 aliphatic carbocycles. The van der Waals surface area contributed by atoms with Gasteiger partial charge in [0.05, 0.1) is 0 Å². The Hall–Kier alpha value is -1.75. The first-order valence-corrected chi connectivity index (χ1v) is 7.52. The molecule has 1 aliphatic rings.